The first kappa shape index (κ1) is 39.5. The average molecular weight is 697 g/mol. The summed E-state index contributed by atoms with van der Waals surface area (Å²) in [7, 11) is 0. The largest absolute Gasteiger partial charge is 0.463 e. The van der Waals surface area contributed by atoms with Gasteiger partial charge in [-0.1, -0.05) is 51.7 Å². The molecule has 6 heteroatoms. The molecule has 5 rings (SSSR count). The Labute approximate surface area is 305 Å². The maximum Gasteiger partial charge on any atom is 0.330 e. The summed E-state index contributed by atoms with van der Waals surface area (Å²) in [6.45, 7) is 9.90. The lowest BCUT2D eigenvalue weighted by atomic mass is 9.69. The van der Waals surface area contributed by atoms with E-state index < -0.39 is 0 Å². The van der Waals surface area contributed by atoms with Gasteiger partial charge in [-0.2, -0.15) is 0 Å². The Kier molecular flexibility index (Phi) is 17.2. The van der Waals surface area contributed by atoms with Crippen LogP contribution in [0.3, 0.4) is 0 Å². The fourth-order valence-electron chi connectivity index (χ4n) is 10.7. The molecule has 5 fully saturated rings. The normalized spacial score (nSPS) is 35.1. The van der Waals surface area contributed by atoms with Crippen LogP contribution >= 0.6 is 0 Å². The van der Waals surface area contributed by atoms with Crippen molar-refractivity contribution in [1.82, 2.24) is 0 Å². The van der Waals surface area contributed by atoms with Crippen LogP contribution in [-0.2, 0) is 28.5 Å². The van der Waals surface area contributed by atoms with Crippen molar-refractivity contribution in [2.24, 2.45) is 47.3 Å². The van der Waals surface area contributed by atoms with Crippen LogP contribution in [0.15, 0.2) is 25.3 Å². The molecular formula is C44H72O6. The highest BCUT2D eigenvalue weighted by Crippen LogP contribution is 2.44. The average Bonchev–Trinajstić information content (AvgIpc) is 3.17. The van der Waals surface area contributed by atoms with E-state index >= 15 is 0 Å². The Hall–Kier alpha value is -1.66. The number of hydrogen-bond donors (Lipinski definition) is 0. The second-order valence-electron chi connectivity index (χ2n) is 17.2. The molecule has 0 radical (unpaired) electrons. The van der Waals surface area contributed by atoms with Crippen LogP contribution < -0.4 is 0 Å². The van der Waals surface area contributed by atoms with Gasteiger partial charge in [-0.05, 0) is 163 Å². The summed E-state index contributed by atoms with van der Waals surface area (Å²) in [5.74, 6) is 6.19. The summed E-state index contributed by atoms with van der Waals surface area (Å²) in [6.07, 6.45) is 34.3. The van der Waals surface area contributed by atoms with E-state index in [-0.39, 0.29) is 11.9 Å². The maximum atomic E-state index is 11.2. The van der Waals surface area contributed by atoms with Crippen LogP contribution in [0, 0.1) is 47.3 Å². The second kappa shape index (κ2) is 21.8. The van der Waals surface area contributed by atoms with Gasteiger partial charge in [0, 0.05) is 25.4 Å². The van der Waals surface area contributed by atoms with Crippen LogP contribution in [0.25, 0.3) is 0 Å². The number of carbonyl (C=O) groups is 2. The molecule has 284 valence electrons. The van der Waals surface area contributed by atoms with Gasteiger partial charge in [0.05, 0.1) is 25.4 Å². The van der Waals surface area contributed by atoms with Crippen LogP contribution in [0.1, 0.15) is 154 Å². The van der Waals surface area contributed by atoms with Crippen molar-refractivity contribution in [3.8, 4) is 0 Å². The number of hydrogen-bond acceptors (Lipinski definition) is 6. The zero-order valence-electron chi connectivity index (χ0n) is 31.6. The van der Waals surface area contributed by atoms with E-state index in [9.17, 15) is 9.59 Å². The van der Waals surface area contributed by atoms with Gasteiger partial charge in [0.15, 0.2) is 0 Å². The lowest BCUT2D eigenvalue weighted by molar-refractivity contribution is -0.138. The van der Waals surface area contributed by atoms with Crippen LogP contribution in [0.5, 0.6) is 0 Å². The summed E-state index contributed by atoms with van der Waals surface area (Å²) in [4.78, 5) is 22.5. The molecule has 5 aliphatic rings. The first-order valence-electron chi connectivity index (χ1n) is 21.3. The predicted molar refractivity (Wildman–Crippen MR) is 201 cm³/mol. The first-order valence-corrected chi connectivity index (χ1v) is 21.3. The van der Waals surface area contributed by atoms with Gasteiger partial charge in [-0.3, -0.25) is 0 Å². The molecule has 0 aromatic rings. The van der Waals surface area contributed by atoms with Crippen LogP contribution in [0.4, 0.5) is 0 Å². The quantitative estimate of drug-likeness (QED) is 0.0807. The summed E-state index contributed by atoms with van der Waals surface area (Å²) in [5, 5.41) is 0. The molecule has 0 N–H and O–H groups in total. The summed E-state index contributed by atoms with van der Waals surface area (Å²) in [5.41, 5.74) is 0. The van der Waals surface area contributed by atoms with Crippen molar-refractivity contribution in [2.75, 3.05) is 26.4 Å². The molecule has 0 unspecified atom stereocenters. The predicted octanol–water partition coefficient (Wildman–Crippen LogP) is 10.6. The fraction of sp³-hybridized carbons (Fsp3) is 0.864. The molecule has 2 atom stereocenters. The van der Waals surface area contributed by atoms with Crippen molar-refractivity contribution < 1.29 is 28.5 Å². The van der Waals surface area contributed by atoms with E-state index in [2.05, 4.69) is 13.2 Å². The molecule has 5 aliphatic carbocycles. The molecule has 0 aromatic heterocycles. The van der Waals surface area contributed by atoms with Gasteiger partial charge in [0.1, 0.15) is 0 Å². The molecule has 0 amide bonds. The van der Waals surface area contributed by atoms with E-state index in [1.807, 2.05) is 0 Å². The minimum absolute atomic E-state index is 0.296. The van der Waals surface area contributed by atoms with Crippen LogP contribution in [0.2, 0.25) is 0 Å². The maximum absolute atomic E-state index is 11.2. The molecule has 6 nitrogen and oxygen atoms in total. The van der Waals surface area contributed by atoms with Crippen LogP contribution in [-0.4, -0.2) is 50.6 Å². The third-order valence-corrected chi connectivity index (χ3v) is 14.0. The first-order chi connectivity index (χ1) is 24.5. The zero-order valence-corrected chi connectivity index (χ0v) is 31.6. The lowest BCUT2D eigenvalue weighted by Crippen LogP contribution is -2.38. The Morgan fingerprint density at radius 1 is 0.460 bits per heavy atom. The van der Waals surface area contributed by atoms with E-state index in [0.717, 1.165) is 73.4 Å². The molecule has 0 saturated heterocycles. The van der Waals surface area contributed by atoms with E-state index in [0.29, 0.717) is 25.4 Å². The minimum Gasteiger partial charge on any atom is -0.463 e. The summed E-state index contributed by atoms with van der Waals surface area (Å²) < 4.78 is 23.7. The molecule has 0 aliphatic heterocycles. The third kappa shape index (κ3) is 13.1. The molecular weight excluding hydrogens is 624 g/mol. The standard InChI is InChI=1S/C44H72O6/c1-3-43(45)47-29-7-9-33-13-21-37(22-14-33)39-25-17-35(18-26-39)31-49-41-11-5-6-12-42(41)50-32-36-19-27-40(28-20-36)38-23-15-34(16-24-38)10-8-30-48-44(46)4-2/h3-4,33-42H,1-2,5-32H2/t33?,34?,35?,36?,37?,38?,39?,40?,41-,42-/m1/s1. The van der Waals surface area contributed by atoms with Crippen molar-refractivity contribution >= 4 is 11.9 Å². The lowest BCUT2D eigenvalue weighted by Gasteiger charge is -2.39. The topological polar surface area (TPSA) is 71.1 Å². The molecule has 0 spiro atoms. The monoisotopic (exact) mass is 697 g/mol. The van der Waals surface area contributed by atoms with Crippen molar-refractivity contribution in [1.29, 1.82) is 0 Å². The van der Waals surface area contributed by atoms with E-state index in [1.165, 1.54) is 153 Å². The molecule has 50 heavy (non-hydrogen) atoms. The number of rotatable bonds is 18. The smallest absolute Gasteiger partial charge is 0.330 e. The highest BCUT2D eigenvalue weighted by molar-refractivity contribution is 5.81. The van der Waals surface area contributed by atoms with Crippen molar-refractivity contribution in [3.05, 3.63) is 25.3 Å². The Balaban J connectivity index is 0.903. The highest BCUT2D eigenvalue weighted by Gasteiger charge is 2.34. The van der Waals surface area contributed by atoms with Gasteiger partial charge in [-0.25, -0.2) is 9.59 Å². The van der Waals surface area contributed by atoms with E-state index in [4.69, 9.17) is 18.9 Å². The third-order valence-electron chi connectivity index (χ3n) is 14.0. The van der Waals surface area contributed by atoms with Gasteiger partial charge < -0.3 is 18.9 Å². The van der Waals surface area contributed by atoms with Crippen molar-refractivity contribution in [3.63, 3.8) is 0 Å². The SMILES string of the molecule is C=CC(=O)OCCCC1CCC(C2CCC(CO[C@@H]3CCCC[C@H]3OCC3CCC(C4CCC(CCCOC(=O)C=C)CC4)CC3)CC2)CC1. The van der Waals surface area contributed by atoms with Gasteiger partial charge >= 0.3 is 11.9 Å². The van der Waals surface area contributed by atoms with E-state index in [1.54, 1.807) is 0 Å². The highest BCUT2D eigenvalue weighted by atomic mass is 16.5. The van der Waals surface area contributed by atoms with Gasteiger partial charge in [0.25, 0.3) is 0 Å². The summed E-state index contributed by atoms with van der Waals surface area (Å²) >= 11 is 0. The van der Waals surface area contributed by atoms with Gasteiger partial charge in [-0.15, -0.1) is 0 Å². The Morgan fingerprint density at radius 3 is 1.10 bits per heavy atom. The Morgan fingerprint density at radius 2 is 0.780 bits per heavy atom. The Bertz CT molecular complexity index is 914. The van der Waals surface area contributed by atoms with Gasteiger partial charge in [0.2, 0.25) is 0 Å². The van der Waals surface area contributed by atoms with Crippen molar-refractivity contribution in [2.45, 2.75) is 166 Å². The molecule has 0 aromatic carbocycles. The number of ether oxygens (including phenoxy) is 4. The molecule has 0 bridgehead atoms. The second-order valence-corrected chi connectivity index (χ2v) is 17.2. The fourth-order valence-corrected chi connectivity index (χ4v) is 10.7. The summed E-state index contributed by atoms with van der Waals surface area (Å²) in [6, 6.07) is 0. The molecule has 5 saturated carbocycles. The number of carbonyl (C=O) groups excluding carboxylic acids is 2. The minimum atomic E-state index is -0.296. The zero-order chi connectivity index (χ0) is 35.0. The number of esters is 2. The molecule has 0 heterocycles.